The topological polar surface area (TPSA) is 150 Å². The van der Waals surface area contributed by atoms with E-state index in [-0.39, 0.29) is 10.6 Å². The van der Waals surface area contributed by atoms with Crippen molar-refractivity contribution in [3.05, 3.63) is 22.2 Å². The van der Waals surface area contributed by atoms with Crippen molar-refractivity contribution in [3.8, 4) is 5.88 Å². The lowest BCUT2D eigenvalue weighted by Gasteiger charge is -2.21. The van der Waals surface area contributed by atoms with Crippen LogP contribution in [0.1, 0.15) is 12.8 Å². The summed E-state index contributed by atoms with van der Waals surface area (Å²) in [6, 6.07) is 2.99. The number of halogens is 1. The van der Waals surface area contributed by atoms with E-state index < -0.39 is 11.9 Å². The smallest absolute Gasteiger partial charge is 0.351 e. The van der Waals surface area contributed by atoms with Gasteiger partial charge in [0.05, 0.1) is 38.2 Å². The number of nitrogens with zero attached hydrogens (tertiary/aromatic N) is 3. The molecule has 0 radical (unpaired) electrons. The molecule has 1 fully saturated rings. The number of carbonyl (C=O) groups is 2. The first kappa shape index (κ1) is 23.4. The third-order valence-corrected chi connectivity index (χ3v) is 4.33. The van der Waals surface area contributed by atoms with Crippen molar-refractivity contribution in [2.45, 2.75) is 12.8 Å². The zero-order chi connectivity index (χ0) is 21.1. The van der Waals surface area contributed by atoms with Crippen LogP contribution in [0.15, 0.2) is 12.1 Å². The van der Waals surface area contributed by atoms with Crippen LogP contribution in [0.4, 0.5) is 11.5 Å². The Bertz CT molecular complexity index is 677. The standard InChI is InChI=1S/C14H21ClN4O3.C2H2O4/c1-22-13-5-4-12(19(20)21)14(16-13)18-9-3-8-17(10-11-18)7-2-6-15;3-1(4)2(5)6/h4-5H,2-3,6-11H2,1H3;(H,3,4)(H,5,6). The molecule has 12 heteroatoms. The van der Waals surface area contributed by atoms with Crippen LogP contribution in [0.3, 0.4) is 0 Å². The molecule has 11 nitrogen and oxygen atoms in total. The zero-order valence-corrected chi connectivity index (χ0v) is 16.2. The van der Waals surface area contributed by atoms with E-state index in [1.54, 1.807) is 0 Å². The molecular formula is C16H23ClN4O7. The molecular weight excluding hydrogens is 396 g/mol. The highest BCUT2D eigenvalue weighted by molar-refractivity contribution is 6.26. The molecule has 1 aliphatic heterocycles. The molecule has 0 saturated carbocycles. The first-order valence-electron chi connectivity index (χ1n) is 8.58. The van der Waals surface area contributed by atoms with Gasteiger partial charge >= 0.3 is 11.7 Å². The molecule has 2 heterocycles. The van der Waals surface area contributed by atoms with Gasteiger partial charge in [0.2, 0.25) is 11.7 Å². The highest BCUT2D eigenvalue weighted by Crippen LogP contribution is 2.28. The normalized spacial score (nSPS) is 16.4. The second kappa shape index (κ2) is 11.9. The molecule has 0 amide bonds. The van der Waals surface area contributed by atoms with E-state index in [4.69, 9.17) is 36.1 Å². The van der Waals surface area contributed by atoms with E-state index in [0.717, 1.165) is 45.6 Å². The van der Waals surface area contributed by atoms with E-state index in [1.165, 1.54) is 24.1 Å². The zero-order valence-electron chi connectivity index (χ0n) is 15.4. The second-order valence-corrected chi connectivity index (χ2v) is 6.31. The first-order valence-corrected chi connectivity index (χ1v) is 9.11. The number of pyridine rings is 1. The molecule has 1 aromatic heterocycles. The summed E-state index contributed by atoms with van der Waals surface area (Å²) >= 11 is 5.75. The van der Waals surface area contributed by atoms with Gasteiger partial charge in [-0.1, -0.05) is 0 Å². The number of carboxylic acids is 2. The Morgan fingerprint density at radius 3 is 2.61 bits per heavy atom. The number of nitrogens with one attached hydrogen (secondary N) is 1. The highest BCUT2D eigenvalue weighted by Gasteiger charge is 2.25. The molecule has 0 spiro atoms. The molecule has 0 aliphatic carbocycles. The van der Waals surface area contributed by atoms with Crippen LogP contribution < -0.4 is 19.6 Å². The number of rotatable bonds is 6. The number of carboxylic acid groups (broad SMARTS) is 2. The average Bonchev–Trinajstić information content (AvgIpc) is 2.91. The molecule has 2 rings (SSSR count). The van der Waals surface area contributed by atoms with Gasteiger partial charge in [0.25, 0.3) is 0 Å². The minimum absolute atomic E-state index is 0.0324. The summed E-state index contributed by atoms with van der Waals surface area (Å²) in [7, 11) is 1.51. The summed E-state index contributed by atoms with van der Waals surface area (Å²) in [4.78, 5) is 36.7. The molecule has 1 aliphatic rings. The maximum absolute atomic E-state index is 11.2. The van der Waals surface area contributed by atoms with Crippen LogP contribution in [-0.4, -0.2) is 72.7 Å². The first-order chi connectivity index (χ1) is 13.3. The molecule has 1 saturated heterocycles. The Hall–Kier alpha value is -2.66. The number of ether oxygens (including phenoxy) is 1. The molecule has 1 atom stereocenters. The molecule has 156 valence electrons. The fourth-order valence-electron chi connectivity index (χ4n) is 2.74. The number of methoxy groups -OCH3 is 1. The maximum Gasteiger partial charge on any atom is 0.351 e. The van der Waals surface area contributed by atoms with Crippen LogP contribution in [-0.2, 0) is 9.59 Å². The van der Waals surface area contributed by atoms with Crippen molar-refractivity contribution >= 4 is 35.0 Å². The van der Waals surface area contributed by atoms with Crippen molar-refractivity contribution in [2.24, 2.45) is 0 Å². The molecule has 0 aromatic carbocycles. The summed E-state index contributed by atoms with van der Waals surface area (Å²) in [5.41, 5.74) is 0.0324. The van der Waals surface area contributed by atoms with Crippen LogP contribution in [0, 0.1) is 10.1 Å². The van der Waals surface area contributed by atoms with E-state index in [9.17, 15) is 10.1 Å². The monoisotopic (exact) mass is 418 g/mol. The van der Waals surface area contributed by atoms with Crippen LogP contribution >= 0.6 is 11.6 Å². The minimum atomic E-state index is -2.07. The van der Waals surface area contributed by atoms with Crippen LogP contribution in [0.25, 0.3) is 0 Å². The summed E-state index contributed by atoms with van der Waals surface area (Å²) in [6.45, 7) is 4.56. The predicted molar refractivity (Wildman–Crippen MR) is 97.8 cm³/mol. The quantitative estimate of drug-likeness (QED) is 0.244. The molecule has 0 bridgehead atoms. The van der Waals surface area contributed by atoms with E-state index >= 15 is 0 Å². The Morgan fingerprint density at radius 1 is 1.39 bits per heavy atom. The number of hydrogen-bond donors (Lipinski definition) is 2. The van der Waals surface area contributed by atoms with Gasteiger partial charge in [-0.25, -0.2) is 4.79 Å². The van der Waals surface area contributed by atoms with Crippen LogP contribution in [0.5, 0.6) is 5.88 Å². The van der Waals surface area contributed by atoms with Crippen molar-refractivity contribution in [3.63, 3.8) is 0 Å². The minimum Gasteiger partial charge on any atom is -0.539 e. The van der Waals surface area contributed by atoms with E-state index in [1.807, 2.05) is 4.90 Å². The lowest BCUT2D eigenvalue weighted by molar-refractivity contribution is -0.897. The molecule has 28 heavy (non-hydrogen) atoms. The van der Waals surface area contributed by atoms with Gasteiger partial charge in [-0.05, 0) is 0 Å². The molecule has 2 N–H and O–H groups in total. The summed E-state index contributed by atoms with van der Waals surface area (Å²) in [5.74, 6) is -2.53. The van der Waals surface area contributed by atoms with Gasteiger partial charge in [-0.15, -0.1) is 11.6 Å². The largest absolute Gasteiger partial charge is 0.539 e. The number of aliphatic carboxylic acids is 2. The fraction of sp³-hybridized carbons (Fsp3) is 0.562. The average molecular weight is 419 g/mol. The van der Waals surface area contributed by atoms with E-state index in [2.05, 4.69) is 4.98 Å². The predicted octanol–water partition coefficient (Wildman–Crippen LogP) is -1.46. The number of carbonyl (C=O) groups excluding carboxylic acids is 1. The third-order valence-electron chi connectivity index (χ3n) is 4.07. The van der Waals surface area contributed by atoms with Crippen molar-refractivity contribution in [1.29, 1.82) is 0 Å². The Morgan fingerprint density at radius 2 is 2.07 bits per heavy atom. The molecule has 1 aromatic rings. The second-order valence-electron chi connectivity index (χ2n) is 5.93. The number of quaternary nitrogens is 1. The Balaban J connectivity index is 0.000000568. The van der Waals surface area contributed by atoms with Crippen molar-refractivity contribution in [2.75, 3.05) is 50.6 Å². The third kappa shape index (κ3) is 7.53. The fourth-order valence-corrected chi connectivity index (χ4v) is 2.87. The Labute approximate surface area is 166 Å². The van der Waals surface area contributed by atoms with Gasteiger partial charge in [0.1, 0.15) is 0 Å². The number of nitro groups is 1. The highest BCUT2D eigenvalue weighted by atomic mass is 35.5. The lowest BCUT2D eigenvalue weighted by Crippen LogP contribution is -3.12. The van der Waals surface area contributed by atoms with Gasteiger partial charge in [0.15, 0.2) is 5.97 Å². The SMILES string of the molecule is COc1ccc([N+](=O)[O-])c(N2CCC[NH+](CCCCl)CC2)n1.O=C([O-])C(=O)O. The van der Waals surface area contributed by atoms with Crippen LogP contribution in [0.2, 0.25) is 0 Å². The maximum atomic E-state index is 11.2. The van der Waals surface area contributed by atoms with Gasteiger partial charge in [0, 0.05) is 37.4 Å². The summed E-state index contributed by atoms with van der Waals surface area (Å²) < 4.78 is 5.11. The van der Waals surface area contributed by atoms with Gasteiger partial charge < -0.3 is 29.5 Å². The van der Waals surface area contributed by atoms with Gasteiger partial charge in [-0.2, -0.15) is 4.98 Å². The van der Waals surface area contributed by atoms with Gasteiger partial charge in [-0.3, -0.25) is 10.1 Å². The number of alkyl halides is 1. The summed E-state index contributed by atoms with van der Waals surface area (Å²) in [6.07, 6.45) is 1.97. The lowest BCUT2D eigenvalue weighted by atomic mass is 10.3. The molecule has 1 unspecified atom stereocenters. The summed E-state index contributed by atoms with van der Waals surface area (Å²) in [5, 5.41) is 27.6. The van der Waals surface area contributed by atoms with E-state index in [0.29, 0.717) is 17.6 Å². The number of aromatic nitrogens is 1. The number of anilines is 1. The van der Waals surface area contributed by atoms with Crippen molar-refractivity contribution in [1.82, 2.24) is 4.98 Å². The Kier molecular flexibility index (Phi) is 9.96. The number of hydrogen-bond acceptors (Lipinski definition) is 8. The van der Waals surface area contributed by atoms with Crippen molar-refractivity contribution < 1.29 is 34.4 Å².